The normalized spacial score (nSPS) is 11.4. The highest BCUT2D eigenvalue weighted by atomic mass is 16.5. The summed E-state index contributed by atoms with van der Waals surface area (Å²) in [5.41, 5.74) is 10.0. The fraction of sp³-hybridized carbons (Fsp3) is 0.0800. The smallest absolute Gasteiger partial charge is 0.337 e. The number of aromatic hydroxyl groups is 1. The third-order valence-corrected chi connectivity index (χ3v) is 5.20. The molecule has 1 heterocycles. The minimum Gasteiger partial charge on any atom is -0.494 e. The summed E-state index contributed by atoms with van der Waals surface area (Å²) in [5.74, 6) is -0.807. The van der Waals surface area contributed by atoms with Gasteiger partial charge in [-0.1, -0.05) is 12.1 Å². The molecule has 0 fully saturated rings. The van der Waals surface area contributed by atoms with Crippen LogP contribution >= 0.6 is 0 Å². The highest BCUT2D eigenvalue weighted by Gasteiger charge is 2.16. The number of hydrogen-bond donors (Lipinski definition) is 4. The summed E-state index contributed by atoms with van der Waals surface area (Å²) >= 11 is 0. The van der Waals surface area contributed by atoms with Crippen LogP contribution in [-0.4, -0.2) is 34.8 Å². The molecule has 4 aromatic rings. The summed E-state index contributed by atoms with van der Waals surface area (Å²) in [6.07, 6.45) is 0. The van der Waals surface area contributed by atoms with Gasteiger partial charge in [0.2, 0.25) is 0 Å². The number of nitrogen functional groups attached to an aromatic ring is 1. The maximum absolute atomic E-state index is 12.5. The number of H-pyrrole nitrogens is 1. The van der Waals surface area contributed by atoms with Gasteiger partial charge < -0.3 is 25.9 Å². The van der Waals surface area contributed by atoms with E-state index in [1.54, 1.807) is 73.7 Å². The highest BCUT2D eigenvalue weighted by molar-refractivity contribution is 6.13. The first-order chi connectivity index (χ1) is 15.9. The van der Waals surface area contributed by atoms with Gasteiger partial charge in [0.25, 0.3) is 5.91 Å². The van der Waals surface area contributed by atoms with Crippen LogP contribution in [0, 0.1) is 0 Å². The zero-order chi connectivity index (χ0) is 23.5. The van der Waals surface area contributed by atoms with Crippen molar-refractivity contribution in [1.29, 1.82) is 0 Å². The van der Waals surface area contributed by atoms with E-state index in [4.69, 9.17) is 10.5 Å². The zero-order valence-electron chi connectivity index (χ0n) is 18.0. The molecule has 5 N–H and O–H groups in total. The standard InChI is InChI=1S/C25H22N4O4/c1-14(22-18-13-16(25(32)33-2)9-12-20(18)28-24(22)31)27-17-10-7-15(8-11-17)23(30)29-21-6-4-3-5-19(21)26/h3-13,28,31H,26H2,1-2H3,(H,29,30). The second-order valence-corrected chi connectivity index (χ2v) is 7.39. The Labute approximate surface area is 189 Å². The van der Waals surface area contributed by atoms with E-state index in [2.05, 4.69) is 15.3 Å². The number of benzene rings is 3. The van der Waals surface area contributed by atoms with E-state index in [-0.39, 0.29) is 11.8 Å². The minimum atomic E-state index is -0.468. The van der Waals surface area contributed by atoms with E-state index in [9.17, 15) is 14.7 Å². The van der Waals surface area contributed by atoms with Gasteiger partial charge in [-0.05, 0) is 61.5 Å². The molecular weight excluding hydrogens is 420 g/mol. The summed E-state index contributed by atoms with van der Waals surface area (Å²) in [4.78, 5) is 31.9. The molecule has 4 rings (SSSR count). The van der Waals surface area contributed by atoms with E-state index < -0.39 is 5.97 Å². The first kappa shape index (κ1) is 21.6. The van der Waals surface area contributed by atoms with Gasteiger partial charge in [-0.3, -0.25) is 9.79 Å². The van der Waals surface area contributed by atoms with Gasteiger partial charge in [-0.25, -0.2) is 4.79 Å². The average Bonchev–Trinajstić information content (AvgIpc) is 3.15. The number of aromatic nitrogens is 1. The van der Waals surface area contributed by atoms with Crippen LogP contribution in [0.5, 0.6) is 5.88 Å². The van der Waals surface area contributed by atoms with Gasteiger partial charge in [0.15, 0.2) is 5.88 Å². The van der Waals surface area contributed by atoms with Crippen molar-refractivity contribution in [2.24, 2.45) is 4.99 Å². The van der Waals surface area contributed by atoms with Crippen molar-refractivity contribution >= 4 is 45.6 Å². The largest absolute Gasteiger partial charge is 0.494 e. The van der Waals surface area contributed by atoms with Gasteiger partial charge >= 0.3 is 5.97 Å². The molecule has 0 radical (unpaired) electrons. The van der Waals surface area contributed by atoms with Crippen LogP contribution in [0.3, 0.4) is 0 Å². The third-order valence-electron chi connectivity index (χ3n) is 5.20. The van der Waals surface area contributed by atoms with Crippen LogP contribution < -0.4 is 11.1 Å². The lowest BCUT2D eigenvalue weighted by molar-refractivity contribution is 0.0600. The number of anilines is 2. The van der Waals surface area contributed by atoms with E-state index in [0.29, 0.717) is 50.4 Å². The Kier molecular flexibility index (Phi) is 5.82. The van der Waals surface area contributed by atoms with Crippen molar-refractivity contribution in [1.82, 2.24) is 4.98 Å². The van der Waals surface area contributed by atoms with Crippen molar-refractivity contribution in [3.63, 3.8) is 0 Å². The Bertz CT molecular complexity index is 1390. The maximum atomic E-state index is 12.5. The maximum Gasteiger partial charge on any atom is 0.337 e. The predicted molar refractivity (Wildman–Crippen MR) is 128 cm³/mol. The molecule has 0 spiro atoms. The fourth-order valence-corrected chi connectivity index (χ4v) is 3.53. The van der Waals surface area contributed by atoms with Crippen molar-refractivity contribution in [2.75, 3.05) is 18.2 Å². The summed E-state index contributed by atoms with van der Waals surface area (Å²) in [5, 5.41) is 13.9. The minimum absolute atomic E-state index is 0.0512. The predicted octanol–water partition coefficient (Wildman–Crippen LogP) is 4.64. The number of amides is 1. The number of fused-ring (bicyclic) bond motifs is 1. The number of hydrogen-bond acceptors (Lipinski definition) is 6. The molecule has 3 aromatic carbocycles. The molecule has 33 heavy (non-hydrogen) atoms. The molecule has 8 heteroatoms. The van der Waals surface area contributed by atoms with Crippen molar-refractivity contribution in [3.8, 4) is 5.88 Å². The van der Waals surface area contributed by atoms with Crippen LogP contribution in [0.25, 0.3) is 10.9 Å². The van der Waals surface area contributed by atoms with Crippen LogP contribution in [0.4, 0.5) is 17.1 Å². The van der Waals surface area contributed by atoms with E-state index in [1.807, 2.05) is 0 Å². The Balaban J connectivity index is 1.60. The summed E-state index contributed by atoms with van der Waals surface area (Å²) in [7, 11) is 1.31. The number of esters is 1. The molecule has 8 nitrogen and oxygen atoms in total. The summed E-state index contributed by atoms with van der Waals surface area (Å²) in [6, 6.07) is 18.7. The van der Waals surface area contributed by atoms with Crippen molar-refractivity contribution in [3.05, 3.63) is 83.4 Å². The molecular formula is C25H22N4O4. The van der Waals surface area contributed by atoms with Gasteiger partial charge in [0.1, 0.15) is 0 Å². The van der Waals surface area contributed by atoms with Crippen LogP contribution in [0.15, 0.2) is 71.7 Å². The molecule has 0 aliphatic heterocycles. The Morgan fingerprint density at radius 3 is 2.42 bits per heavy atom. The number of nitrogens with zero attached hydrogens (tertiary/aromatic N) is 1. The number of methoxy groups -OCH3 is 1. The van der Waals surface area contributed by atoms with Crippen molar-refractivity contribution in [2.45, 2.75) is 6.92 Å². The number of carbonyl (C=O) groups excluding carboxylic acids is 2. The highest BCUT2D eigenvalue weighted by Crippen LogP contribution is 2.30. The van der Waals surface area contributed by atoms with Gasteiger partial charge in [-0.15, -0.1) is 0 Å². The number of rotatable bonds is 5. The number of carbonyl (C=O) groups is 2. The number of aromatic amines is 1. The molecule has 1 aromatic heterocycles. The second-order valence-electron chi connectivity index (χ2n) is 7.39. The lowest BCUT2D eigenvalue weighted by Gasteiger charge is -2.08. The molecule has 0 bridgehead atoms. The van der Waals surface area contributed by atoms with Crippen LogP contribution in [0.1, 0.15) is 33.2 Å². The third kappa shape index (κ3) is 4.40. The summed E-state index contributed by atoms with van der Waals surface area (Å²) < 4.78 is 4.78. The number of nitrogens with one attached hydrogen (secondary N) is 2. The molecule has 0 unspecified atom stereocenters. The monoisotopic (exact) mass is 442 g/mol. The zero-order valence-corrected chi connectivity index (χ0v) is 18.0. The van der Waals surface area contributed by atoms with E-state index in [0.717, 1.165) is 0 Å². The SMILES string of the molecule is COC(=O)c1ccc2[nH]c(O)c(C(C)=Nc3ccc(C(=O)Nc4ccccc4N)cc3)c2c1. The van der Waals surface area contributed by atoms with Crippen molar-refractivity contribution < 1.29 is 19.4 Å². The lowest BCUT2D eigenvalue weighted by Crippen LogP contribution is -2.12. The summed E-state index contributed by atoms with van der Waals surface area (Å²) in [6.45, 7) is 1.76. The number of aliphatic imine (C=N–C) groups is 1. The van der Waals surface area contributed by atoms with Gasteiger partial charge in [-0.2, -0.15) is 0 Å². The Hall–Kier alpha value is -4.59. The number of ether oxygens (including phenoxy) is 1. The quantitative estimate of drug-likeness (QED) is 0.203. The molecule has 0 aliphatic carbocycles. The average molecular weight is 442 g/mol. The second kappa shape index (κ2) is 8.88. The molecule has 0 atom stereocenters. The Morgan fingerprint density at radius 1 is 1.03 bits per heavy atom. The van der Waals surface area contributed by atoms with Crippen LogP contribution in [0.2, 0.25) is 0 Å². The first-order valence-corrected chi connectivity index (χ1v) is 10.1. The topological polar surface area (TPSA) is 130 Å². The molecule has 1 amide bonds. The van der Waals surface area contributed by atoms with E-state index >= 15 is 0 Å². The number of nitrogens with two attached hydrogens (primary N) is 1. The molecule has 166 valence electrons. The first-order valence-electron chi connectivity index (χ1n) is 10.1. The van der Waals surface area contributed by atoms with Gasteiger partial charge in [0, 0.05) is 16.5 Å². The lowest BCUT2D eigenvalue weighted by atomic mass is 10.1. The van der Waals surface area contributed by atoms with Gasteiger partial charge in [0.05, 0.1) is 41.0 Å². The van der Waals surface area contributed by atoms with E-state index in [1.165, 1.54) is 7.11 Å². The number of para-hydroxylation sites is 2. The fourth-order valence-electron chi connectivity index (χ4n) is 3.53. The van der Waals surface area contributed by atoms with Crippen LogP contribution in [-0.2, 0) is 4.74 Å². The molecule has 0 saturated carbocycles. The molecule has 0 saturated heterocycles. The molecule has 0 aliphatic rings. The Morgan fingerprint density at radius 2 is 1.73 bits per heavy atom.